The molecule has 4 aromatic rings. The predicted octanol–water partition coefficient (Wildman–Crippen LogP) is 4.34. The Morgan fingerprint density at radius 2 is 2.11 bits per heavy atom. The predicted molar refractivity (Wildman–Crippen MR) is 142 cm³/mol. The molecule has 0 radical (unpaired) electrons. The van der Waals surface area contributed by atoms with Crippen LogP contribution in [0.25, 0.3) is 27.6 Å². The number of anilines is 1. The molecule has 1 atom stereocenters. The number of sulfonamides is 1. The lowest BCUT2D eigenvalue weighted by atomic mass is 10.0. The molecule has 3 aromatic heterocycles. The van der Waals surface area contributed by atoms with Gasteiger partial charge in [-0.15, -0.1) is 11.3 Å². The molecule has 0 amide bonds. The number of aromatic nitrogens is 4. The number of ether oxygens (including phenoxy) is 1. The number of hydrogen-bond acceptors (Lipinski definition) is 8. The molecule has 11 heteroatoms. The number of benzene rings is 1. The second-order valence-electron chi connectivity index (χ2n) is 8.32. The smallest absolute Gasteiger partial charge is 0.237 e. The van der Waals surface area contributed by atoms with Crippen molar-refractivity contribution in [3.63, 3.8) is 0 Å². The van der Waals surface area contributed by atoms with E-state index in [1.165, 1.54) is 0 Å². The summed E-state index contributed by atoms with van der Waals surface area (Å²) in [6.07, 6.45) is 9.78. The summed E-state index contributed by atoms with van der Waals surface area (Å²) in [5.41, 5.74) is 3.26. The average Bonchev–Trinajstić information content (AvgIpc) is 3.49. The van der Waals surface area contributed by atoms with Crippen LogP contribution in [0.3, 0.4) is 0 Å². The number of nitrogens with one attached hydrogen (secondary N) is 2. The molecular weight excluding hydrogens is 496 g/mol. The Kier molecular flexibility index (Phi) is 6.86. The number of rotatable bonds is 9. The Morgan fingerprint density at radius 1 is 1.22 bits per heavy atom. The van der Waals surface area contributed by atoms with E-state index < -0.39 is 10.0 Å². The van der Waals surface area contributed by atoms with Gasteiger partial charge in [-0.2, -0.15) is 0 Å². The minimum Gasteiger partial charge on any atom is -0.497 e. The van der Waals surface area contributed by atoms with Crippen LogP contribution < -0.4 is 14.8 Å². The molecule has 36 heavy (non-hydrogen) atoms. The second kappa shape index (κ2) is 10.2. The van der Waals surface area contributed by atoms with Crippen molar-refractivity contribution in [1.82, 2.24) is 24.1 Å². The van der Waals surface area contributed by atoms with E-state index in [2.05, 4.69) is 15.0 Å². The van der Waals surface area contributed by atoms with Crippen molar-refractivity contribution in [2.24, 2.45) is 5.92 Å². The van der Waals surface area contributed by atoms with Crippen molar-refractivity contribution in [2.75, 3.05) is 25.5 Å². The molecule has 1 aromatic carbocycles. The minimum absolute atomic E-state index is 0.0381. The van der Waals surface area contributed by atoms with Crippen molar-refractivity contribution in [1.29, 1.82) is 0 Å². The molecule has 5 rings (SSSR count). The Morgan fingerprint density at radius 3 is 2.94 bits per heavy atom. The van der Waals surface area contributed by atoms with Gasteiger partial charge < -0.3 is 10.1 Å². The minimum atomic E-state index is -3.53. The van der Waals surface area contributed by atoms with Gasteiger partial charge in [-0.1, -0.05) is 31.2 Å². The van der Waals surface area contributed by atoms with Gasteiger partial charge in [0.05, 0.1) is 23.4 Å². The van der Waals surface area contributed by atoms with Gasteiger partial charge >= 0.3 is 0 Å². The van der Waals surface area contributed by atoms with Gasteiger partial charge in [-0.05, 0) is 36.6 Å². The summed E-state index contributed by atoms with van der Waals surface area (Å²) in [4.78, 5) is 15.1. The van der Waals surface area contributed by atoms with Crippen molar-refractivity contribution in [3.05, 3.63) is 71.2 Å². The zero-order valence-corrected chi connectivity index (χ0v) is 21.5. The molecule has 0 fully saturated rings. The normalized spacial score (nSPS) is 15.7. The quantitative estimate of drug-likeness (QED) is 0.315. The number of thiazole rings is 1. The molecule has 0 saturated heterocycles. The van der Waals surface area contributed by atoms with Crippen LogP contribution in [0, 0.1) is 5.92 Å². The Labute approximate surface area is 213 Å². The first kappa shape index (κ1) is 24.2. The van der Waals surface area contributed by atoms with E-state index in [9.17, 15) is 8.42 Å². The van der Waals surface area contributed by atoms with Crippen LogP contribution in [-0.4, -0.2) is 48.0 Å². The number of fused-ring (bicyclic) bond motifs is 1. The first-order valence-corrected chi connectivity index (χ1v) is 13.9. The molecule has 0 saturated carbocycles. The van der Waals surface area contributed by atoms with Crippen molar-refractivity contribution < 1.29 is 13.2 Å². The standard InChI is InChI=1S/C25H26N6O3S2/c1-17-6-3-4-9-21(17)36(32,33)28-13-12-27-24-26-11-10-20(29-24)23-22(30-25-31(23)14-15-35-25)18-7-5-8-19(16-18)34-2/h3-5,7-11,14-17,28H,6,12-13H2,1-2H3,(H,26,27,29). The van der Waals surface area contributed by atoms with Crippen molar-refractivity contribution in [2.45, 2.75) is 13.3 Å². The summed E-state index contributed by atoms with van der Waals surface area (Å²) >= 11 is 1.54. The highest BCUT2D eigenvalue weighted by Crippen LogP contribution is 2.34. The van der Waals surface area contributed by atoms with E-state index in [0.717, 1.165) is 34.1 Å². The Hall–Kier alpha value is -3.54. The first-order chi connectivity index (χ1) is 17.5. The van der Waals surface area contributed by atoms with Crippen LogP contribution in [0.15, 0.2) is 71.2 Å². The fourth-order valence-corrected chi connectivity index (χ4v) is 6.24. The average molecular weight is 523 g/mol. The van der Waals surface area contributed by atoms with E-state index in [1.807, 2.05) is 59.3 Å². The van der Waals surface area contributed by atoms with Crippen molar-refractivity contribution in [3.8, 4) is 28.4 Å². The fraction of sp³-hybridized carbons (Fsp3) is 0.240. The van der Waals surface area contributed by atoms with Gasteiger partial charge in [0.2, 0.25) is 16.0 Å². The van der Waals surface area contributed by atoms with Gasteiger partial charge in [-0.25, -0.2) is 28.1 Å². The Balaban J connectivity index is 1.35. The number of hydrogen-bond donors (Lipinski definition) is 2. The van der Waals surface area contributed by atoms with Crippen LogP contribution >= 0.6 is 11.3 Å². The lowest BCUT2D eigenvalue weighted by Crippen LogP contribution is -2.32. The molecule has 1 aliphatic rings. The zero-order valence-electron chi connectivity index (χ0n) is 19.9. The third-order valence-corrected chi connectivity index (χ3v) is 8.39. The van der Waals surface area contributed by atoms with E-state index in [0.29, 0.717) is 23.1 Å². The number of allylic oxidation sites excluding steroid dienone is 4. The fourth-order valence-electron chi connectivity index (χ4n) is 4.10. The van der Waals surface area contributed by atoms with E-state index in [-0.39, 0.29) is 12.5 Å². The molecular formula is C25H26N6O3S2. The molecule has 9 nitrogen and oxygen atoms in total. The number of imidazole rings is 1. The SMILES string of the molecule is COc1cccc(-c2nc3sccn3c2-c2ccnc(NCCNS(=O)(=O)C3=CC=CCC3C)n2)c1. The van der Waals surface area contributed by atoms with Gasteiger partial charge in [0.15, 0.2) is 4.96 Å². The molecule has 0 spiro atoms. The first-order valence-electron chi connectivity index (χ1n) is 11.5. The molecule has 3 heterocycles. The topological polar surface area (TPSA) is 111 Å². The molecule has 0 bridgehead atoms. The molecule has 2 N–H and O–H groups in total. The largest absolute Gasteiger partial charge is 0.497 e. The third kappa shape index (κ3) is 4.90. The summed E-state index contributed by atoms with van der Waals surface area (Å²) < 4.78 is 35.4. The molecule has 0 aliphatic heterocycles. The van der Waals surface area contributed by atoms with Crippen LogP contribution in [0.4, 0.5) is 5.95 Å². The van der Waals surface area contributed by atoms with Crippen molar-refractivity contribution >= 4 is 32.3 Å². The lowest BCUT2D eigenvalue weighted by Gasteiger charge is -2.17. The highest BCUT2D eigenvalue weighted by molar-refractivity contribution is 7.93. The number of nitrogens with zero attached hydrogens (tertiary/aromatic N) is 4. The van der Waals surface area contributed by atoms with Crippen LogP contribution in [0.1, 0.15) is 13.3 Å². The molecule has 186 valence electrons. The van der Waals surface area contributed by atoms with Gasteiger partial charge in [-0.3, -0.25) is 4.40 Å². The Bertz CT molecular complexity index is 1550. The zero-order chi connectivity index (χ0) is 25.1. The maximum atomic E-state index is 12.6. The maximum absolute atomic E-state index is 12.6. The summed E-state index contributed by atoms with van der Waals surface area (Å²) in [5, 5.41) is 5.10. The highest BCUT2D eigenvalue weighted by atomic mass is 32.2. The maximum Gasteiger partial charge on any atom is 0.237 e. The van der Waals surface area contributed by atoms with E-state index in [4.69, 9.17) is 14.7 Å². The van der Waals surface area contributed by atoms with E-state index in [1.54, 1.807) is 36.8 Å². The van der Waals surface area contributed by atoms with Crippen LogP contribution in [-0.2, 0) is 10.0 Å². The lowest BCUT2D eigenvalue weighted by molar-refractivity contribution is 0.415. The summed E-state index contributed by atoms with van der Waals surface area (Å²) in [6.45, 7) is 2.45. The van der Waals surface area contributed by atoms with Gasteiger partial charge in [0, 0.05) is 36.4 Å². The monoisotopic (exact) mass is 522 g/mol. The molecule has 1 aliphatic carbocycles. The number of methoxy groups -OCH3 is 1. The van der Waals surface area contributed by atoms with Gasteiger partial charge in [0.1, 0.15) is 11.4 Å². The second-order valence-corrected chi connectivity index (χ2v) is 11.0. The third-order valence-electron chi connectivity index (χ3n) is 5.89. The summed E-state index contributed by atoms with van der Waals surface area (Å²) in [6, 6.07) is 9.60. The van der Waals surface area contributed by atoms with Crippen LogP contribution in [0.5, 0.6) is 5.75 Å². The highest BCUT2D eigenvalue weighted by Gasteiger charge is 2.23. The summed E-state index contributed by atoms with van der Waals surface area (Å²) in [5.74, 6) is 1.11. The molecule has 1 unspecified atom stereocenters. The van der Waals surface area contributed by atoms with E-state index >= 15 is 0 Å². The van der Waals surface area contributed by atoms with Gasteiger partial charge in [0.25, 0.3) is 0 Å². The summed E-state index contributed by atoms with van der Waals surface area (Å²) in [7, 11) is -1.90. The van der Waals surface area contributed by atoms with Crippen LogP contribution in [0.2, 0.25) is 0 Å².